The number of para-hydroxylation sites is 2. The van der Waals surface area contributed by atoms with Gasteiger partial charge in [-0.05, 0) is 70.5 Å². The Morgan fingerprint density at radius 2 is 0.696 bits per heavy atom. The van der Waals surface area contributed by atoms with Crippen LogP contribution in [-0.4, -0.2) is 9.97 Å². The normalized spacial score (nSPS) is 12.1. The lowest BCUT2D eigenvalue weighted by Gasteiger charge is -2.33. The molecule has 9 aromatic rings. The number of aromatic nitrogens is 2. The summed E-state index contributed by atoms with van der Waals surface area (Å²) in [7, 11) is 0. The number of hydrogen-bond donors (Lipinski definition) is 0. The van der Waals surface area contributed by atoms with E-state index in [9.17, 15) is 0 Å². The van der Waals surface area contributed by atoms with Crippen LogP contribution in [0.4, 0.5) is 34.1 Å². The number of hydrogen-bond acceptors (Lipinski definition) is 4. The summed E-state index contributed by atoms with van der Waals surface area (Å²) in [5, 5.41) is 6.74. The van der Waals surface area contributed by atoms with Crippen molar-refractivity contribution in [3.8, 4) is 0 Å². The molecule has 0 N–H and O–H groups in total. The van der Waals surface area contributed by atoms with Crippen molar-refractivity contribution in [3.05, 3.63) is 181 Å². The highest BCUT2D eigenvalue weighted by Crippen LogP contribution is 2.52. The van der Waals surface area contributed by atoms with E-state index in [0.29, 0.717) is 0 Å². The van der Waals surface area contributed by atoms with Crippen LogP contribution in [0, 0.1) is 0 Å². The van der Waals surface area contributed by atoms with Crippen molar-refractivity contribution in [2.75, 3.05) is 9.80 Å². The van der Waals surface area contributed by atoms with Crippen LogP contribution in [0.15, 0.2) is 170 Å². The van der Waals surface area contributed by atoms with Gasteiger partial charge in [0.25, 0.3) is 0 Å². The first-order chi connectivity index (χ1) is 27.1. The Bertz CT molecular complexity index is 2610. The molecule has 0 unspecified atom stereocenters. The number of rotatable bonds is 6. The lowest BCUT2D eigenvalue weighted by molar-refractivity contribution is 0.590. The smallest absolute Gasteiger partial charge is 0.0942 e. The largest absolute Gasteiger partial charge is 0.307 e. The van der Waals surface area contributed by atoms with Gasteiger partial charge in [-0.2, -0.15) is 0 Å². The minimum atomic E-state index is 0.0242. The van der Waals surface area contributed by atoms with E-state index in [1.807, 2.05) is 24.5 Å². The maximum atomic E-state index is 4.99. The summed E-state index contributed by atoms with van der Waals surface area (Å²) < 4.78 is 0. The van der Waals surface area contributed by atoms with Crippen molar-refractivity contribution >= 4 is 77.5 Å². The zero-order chi connectivity index (χ0) is 38.6. The van der Waals surface area contributed by atoms with Gasteiger partial charge in [0.2, 0.25) is 0 Å². The molecule has 0 saturated carbocycles. The Hall–Kier alpha value is -6.52. The highest BCUT2D eigenvalue weighted by atomic mass is 15.2. The van der Waals surface area contributed by atoms with Crippen LogP contribution in [0.2, 0.25) is 0 Å². The molecule has 7 aromatic carbocycles. The molecule has 0 aliphatic rings. The van der Waals surface area contributed by atoms with Crippen LogP contribution in [0.3, 0.4) is 0 Å². The lowest BCUT2D eigenvalue weighted by Crippen LogP contribution is -2.16. The van der Waals surface area contributed by atoms with Gasteiger partial charge in [0.15, 0.2) is 0 Å². The summed E-state index contributed by atoms with van der Waals surface area (Å²) in [6, 6.07) is 57.2. The van der Waals surface area contributed by atoms with E-state index in [2.05, 4.69) is 197 Å². The van der Waals surface area contributed by atoms with Crippen LogP contribution in [0.1, 0.15) is 52.7 Å². The maximum Gasteiger partial charge on any atom is 0.0942 e. The molecule has 0 spiro atoms. The number of fused-ring (bicyclic) bond motifs is 4. The molecule has 0 bridgehead atoms. The second-order valence-corrected chi connectivity index (χ2v) is 16.8. The predicted octanol–water partition coefficient (Wildman–Crippen LogP) is 14.6. The molecule has 0 radical (unpaired) electrons. The van der Waals surface area contributed by atoms with Gasteiger partial charge in [0.05, 0.1) is 33.8 Å². The fourth-order valence-corrected chi connectivity index (χ4v) is 8.10. The standard InChI is InChI=1S/C52H46N4/c1-51(2,3)37-25-29-39(30-26-37)55(45-23-11-15-35-17-13-33-53-47(35)45)49-41-19-7-9-21-43(41)50(44-22-10-8-20-42(44)49)56(40-31-27-38(28-32-40)52(4,5)6)46-24-12-16-36-18-14-34-54-48(36)46/h7-34H,1-6H3. The van der Waals surface area contributed by atoms with Crippen LogP contribution >= 0.6 is 0 Å². The topological polar surface area (TPSA) is 32.3 Å². The average Bonchev–Trinajstić information content (AvgIpc) is 3.21. The van der Waals surface area contributed by atoms with Gasteiger partial charge in [-0.25, -0.2) is 0 Å². The highest BCUT2D eigenvalue weighted by Gasteiger charge is 2.28. The highest BCUT2D eigenvalue weighted by molar-refractivity contribution is 6.24. The molecule has 4 nitrogen and oxygen atoms in total. The second kappa shape index (κ2) is 13.6. The average molecular weight is 727 g/mol. The first-order valence-electron chi connectivity index (χ1n) is 19.5. The zero-order valence-electron chi connectivity index (χ0n) is 33.0. The van der Waals surface area contributed by atoms with Crippen molar-refractivity contribution in [2.24, 2.45) is 0 Å². The minimum absolute atomic E-state index is 0.0242. The second-order valence-electron chi connectivity index (χ2n) is 16.8. The molecule has 56 heavy (non-hydrogen) atoms. The number of benzene rings is 7. The number of anilines is 6. The van der Waals surface area contributed by atoms with Crippen LogP contribution in [0.25, 0.3) is 43.4 Å². The van der Waals surface area contributed by atoms with E-state index >= 15 is 0 Å². The summed E-state index contributed by atoms with van der Waals surface area (Å²) in [5.74, 6) is 0. The third kappa shape index (κ3) is 6.12. The van der Waals surface area contributed by atoms with Crippen molar-refractivity contribution in [3.63, 3.8) is 0 Å². The van der Waals surface area contributed by atoms with Gasteiger partial charge >= 0.3 is 0 Å². The molecule has 0 fully saturated rings. The SMILES string of the molecule is CC(C)(C)c1ccc(N(c2c3ccccc3c(N(c3ccc(C(C)(C)C)cc3)c3cccc4cccnc34)c3ccccc23)c2cccc3cccnc23)cc1. The summed E-state index contributed by atoms with van der Waals surface area (Å²) in [6.45, 7) is 13.6. The molecule has 0 atom stereocenters. The molecule has 0 saturated heterocycles. The van der Waals surface area contributed by atoms with E-state index in [1.54, 1.807) is 0 Å². The Kier molecular flexibility index (Phi) is 8.58. The van der Waals surface area contributed by atoms with Crippen molar-refractivity contribution in [1.82, 2.24) is 9.97 Å². The predicted molar refractivity (Wildman–Crippen MR) is 239 cm³/mol. The van der Waals surface area contributed by atoms with Crippen LogP contribution in [-0.2, 0) is 10.8 Å². The Morgan fingerprint density at radius 1 is 0.357 bits per heavy atom. The summed E-state index contributed by atoms with van der Waals surface area (Å²) >= 11 is 0. The third-order valence-corrected chi connectivity index (χ3v) is 11.0. The lowest BCUT2D eigenvalue weighted by atomic mass is 9.87. The Balaban J connectivity index is 1.40. The van der Waals surface area contributed by atoms with Crippen molar-refractivity contribution < 1.29 is 0 Å². The molecule has 4 heteroatoms. The van der Waals surface area contributed by atoms with E-state index < -0.39 is 0 Å². The van der Waals surface area contributed by atoms with Crippen molar-refractivity contribution in [1.29, 1.82) is 0 Å². The fourth-order valence-electron chi connectivity index (χ4n) is 8.10. The third-order valence-electron chi connectivity index (χ3n) is 11.0. The van der Waals surface area contributed by atoms with Gasteiger partial charge in [-0.3, -0.25) is 9.97 Å². The molecular formula is C52H46N4. The van der Waals surface area contributed by atoms with Gasteiger partial charge in [-0.1, -0.05) is 151 Å². The monoisotopic (exact) mass is 726 g/mol. The number of pyridine rings is 2. The van der Waals surface area contributed by atoms with Gasteiger partial charge < -0.3 is 9.80 Å². The van der Waals surface area contributed by atoms with Gasteiger partial charge in [-0.15, -0.1) is 0 Å². The molecular weight excluding hydrogens is 681 g/mol. The minimum Gasteiger partial charge on any atom is -0.307 e. The molecule has 0 aliphatic carbocycles. The quantitative estimate of drug-likeness (QED) is 0.126. The molecule has 9 rings (SSSR count). The first kappa shape index (κ1) is 35.2. The fraction of sp³-hybridized carbons (Fsp3) is 0.154. The molecule has 2 aromatic heterocycles. The van der Waals surface area contributed by atoms with E-state index in [4.69, 9.17) is 9.97 Å². The molecule has 2 heterocycles. The van der Waals surface area contributed by atoms with E-state index in [1.165, 1.54) is 11.1 Å². The Labute approximate surface area is 329 Å². The Morgan fingerprint density at radius 3 is 1.04 bits per heavy atom. The summed E-state index contributed by atoms with van der Waals surface area (Å²) in [5.41, 5.74) is 11.0. The zero-order valence-corrected chi connectivity index (χ0v) is 33.0. The summed E-state index contributed by atoms with van der Waals surface area (Å²) in [6.07, 6.45) is 3.79. The summed E-state index contributed by atoms with van der Waals surface area (Å²) in [4.78, 5) is 14.8. The maximum absolute atomic E-state index is 4.99. The van der Waals surface area contributed by atoms with Crippen molar-refractivity contribution in [2.45, 2.75) is 52.4 Å². The van der Waals surface area contributed by atoms with Gasteiger partial charge in [0.1, 0.15) is 0 Å². The molecule has 274 valence electrons. The number of nitrogens with zero attached hydrogens (tertiary/aromatic N) is 4. The molecule has 0 aliphatic heterocycles. The van der Waals surface area contributed by atoms with E-state index in [0.717, 1.165) is 77.5 Å². The van der Waals surface area contributed by atoms with Gasteiger partial charge in [0, 0.05) is 56.1 Å². The first-order valence-corrected chi connectivity index (χ1v) is 19.5. The van der Waals surface area contributed by atoms with Crippen LogP contribution in [0.5, 0.6) is 0 Å². The van der Waals surface area contributed by atoms with E-state index in [-0.39, 0.29) is 10.8 Å². The molecule has 0 amide bonds. The van der Waals surface area contributed by atoms with Crippen LogP contribution < -0.4 is 9.80 Å².